The highest BCUT2D eigenvalue weighted by atomic mass is 16.5. The van der Waals surface area contributed by atoms with Crippen LogP contribution in [0.15, 0.2) is 23.2 Å². The van der Waals surface area contributed by atoms with Crippen molar-refractivity contribution in [3.8, 4) is 0 Å². The summed E-state index contributed by atoms with van der Waals surface area (Å²) in [5.74, 6) is 0. The van der Waals surface area contributed by atoms with Crippen LogP contribution < -0.4 is 11.2 Å². The Kier molecular flexibility index (Phi) is 5.37. The number of hydrogen-bond donors (Lipinski definition) is 2. The number of hydrogen-bond acceptors (Lipinski definition) is 4. The van der Waals surface area contributed by atoms with E-state index < -0.39 is 11.2 Å². The molecule has 0 bridgehead atoms. The van der Waals surface area contributed by atoms with E-state index >= 15 is 0 Å². The Morgan fingerprint density at radius 2 is 2.00 bits per heavy atom. The van der Waals surface area contributed by atoms with Crippen molar-refractivity contribution in [2.45, 2.75) is 45.8 Å². The Morgan fingerprint density at radius 1 is 1.35 bits per heavy atom. The van der Waals surface area contributed by atoms with Crippen molar-refractivity contribution in [1.82, 2.24) is 0 Å². The van der Waals surface area contributed by atoms with Gasteiger partial charge in [0.05, 0.1) is 11.2 Å². The van der Waals surface area contributed by atoms with Crippen LogP contribution in [-0.2, 0) is 4.65 Å². The second kappa shape index (κ2) is 6.42. The highest BCUT2D eigenvalue weighted by molar-refractivity contribution is 6.47. The fraction of sp³-hybridized carbons (Fsp3) is 0.533. The van der Waals surface area contributed by atoms with Crippen molar-refractivity contribution >= 4 is 24.8 Å². The molecular weight excluding hydrogens is 251 g/mol. The minimum absolute atomic E-state index is 0.682. The fourth-order valence-electron chi connectivity index (χ4n) is 1.33. The van der Waals surface area contributed by atoms with E-state index in [0.29, 0.717) is 5.69 Å². The monoisotopic (exact) mass is 275 g/mol. The summed E-state index contributed by atoms with van der Waals surface area (Å²) >= 11 is 0. The van der Waals surface area contributed by atoms with Gasteiger partial charge in [0, 0.05) is 24.0 Å². The number of aliphatic imine (C=N–C) groups is 1. The number of benzene rings is 1. The summed E-state index contributed by atoms with van der Waals surface area (Å²) in [6.07, 6.45) is 1.76. The molecule has 0 unspecified atom stereocenters. The summed E-state index contributed by atoms with van der Waals surface area (Å²) in [5.41, 5.74) is 6.70. The van der Waals surface area contributed by atoms with Crippen LogP contribution in [0.5, 0.6) is 0 Å². The lowest BCUT2D eigenvalue weighted by atomic mass is 9.82. The Morgan fingerprint density at radius 3 is 2.55 bits per heavy atom. The lowest BCUT2D eigenvalue weighted by Gasteiger charge is -2.37. The average Bonchev–Trinajstić information content (AvgIpc) is 2.35. The van der Waals surface area contributed by atoms with Gasteiger partial charge in [-0.2, -0.15) is 0 Å². The van der Waals surface area contributed by atoms with Crippen molar-refractivity contribution in [1.29, 1.82) is 0 Å². The van der Waals surface area contributed by atoms with E-state index in [9.17, 15) is 5.11 Å². The molecule has 0 amide bonds. The zero-order valence-corrected chi connectivity index (χ0v) is 13.0. The van der Waals surface area contributed by atoms with Gasteiger partial charge in [-0.15, -0.1) is 0 Å². The van der Waals surface area contributed by atoms with Crippen LogP contribution in [0.1, 0.15) is 40.2 Å². The molecule has 0 saturated carbocycles. The van der Waals surface area contributed by atoms with Crippen LogP contribution in [-0.4, -0.2) is 36.6 Å². The standard InChI is InChI=1S/C15H24BN2O2/c1-6-18-10-11-9-12(7-8-13(11)17)16-20-15(4,5)14(2,3)19/h7-10,19H,6,17H2,1-5H3. The number of nitrogens with two attached hydrogens (primary N) is 1. The van der Waals surface area contributed by atoms with Crippen LogP contribution in [0.25, 0.3) is 0 Å². The second-order valence-electron chi connectivity index (χ2n) is 5.82. The van der Waals surface area contributed by atoms with Crippen molar-refractivity contribution in [2.75, 3.05) is 12.3 Å². The normalized spacial score (nSPS) is 12.9. The van der Waals surface area contributed by atoms with E-state index in [1.165, 1.54) is 0 Å². The SMILES string of the molecule is CCN=Cc1cc([B]OC(C)(C)C(C)(C)O)ccc1N. The molecule has 1 rings (SSSR count). The Hall–Kier alpha value is -1.33. The zero-order chi connectivity index (χ0) is 15.4. The first-order chi connectivity index (χ1) is 9.17. The van der Waals surface area contributed by atoms with Gasteiger partial charge in [-0.1, -0.05) is 17.6 Å². The first-order valence-corrected chi connectivity index (χ1v) is 6.80. The molecule has 0 aliphatic heterocycles. The van der Waals surface area contributed by atoms with E-state index in [1.54, 1.807) is 27.5 Å². The molecule has 5 heteroatoms. The molecule has 0 aliphatic rings. The van der Waals surface area contributed by atoms with Crippen LogP contribution >= 0.6 is 0 Å². The number of aliphatic hydroxyl groups is 1. The molecule has 0 fully saturated rings. The predicted molar refractivity (Wildman–Crippen MR) is 85.8 cm³/mol. The van der Waals surface area contributed by atoms with Gasteiger partial charge < -0.3 is 15.5 Å². The number of nitrogen functional groups attached to an aromatic ring is 1. The minimum Gasteiger partial charge on any atom is -0.427 e. The quantitative estimate of drug-likeness (QED) is 0.470. The topological polar surface area (TPSA) is 67.8 Å². The molecule has 0 saturated heterocycles. The maximum atomic E-state index is 10.1. The minimum atomic E-state index is -0.941. The molecule has 0 spiro atoms. The van der Waals surface area contributed by atoms with E-state index in [1.807, 2.05) is 39.0 Å². The number of rotatable bonds is 6. The van der Waals surface area contributed by atoms with Crippen LogP contribution in [0.3, 0.4) is 0 Å². The van der Waals surface area contributed by atoms with E-state index in [2.05, 4.69) is 4.99 Å². The maximum absolute atomic E-state index is 10.1. The van der Waals surface area contributed by atoms with Crippen LogP contribution in [0.4, 0.5) is 5.69 Å². The molecule has 0 heterocycles. The third-order valence-electron chi connectivity index (χ3n) is 3.49. The van der Waals surface area contributed by atoms with Gasteiger partial charge in [-0.3, -0.25) is 4.99 Å². The van der Waals surface area contributed by atoms with E-state index in [4.69, 9.17) is 10.4 Å². The van der Waals surface area contributed by atoms with Gasteiger partial charge in [0.1, 0.15) is 0 Å². The van der Waals surface area contributed by atoms with Gasteiger partial charge >= 0.3 is 7.48 Å². The van der Waals surface area contributed by atoms with Gasteiger partial charge in [0.25, 0.3) is 0 Å². The molecule has 1 aromatic carbocycles. The average molecular weight is 275 g/mol. The molecule has 4 nitrogen and oxygen atoms in total. The molecule has 1 aromatic rings. The Labute approximate surface area is 122 Å². The predicted octanol–water partition coefficient (Wildman–Crippen LogP) is 1.52. The van der Waals surface area contributed by atoms with E-state index in [-0.39, 0.29) is 0 Å². The number of nitrogens with zero attached hydrogens (tertiary/aromatic N) is 1. The largest absolute Gasteiger partial charge is 0.427 e. The summed E-state index contributed by atoms with van der Waals surface area (Å²) in [7, 11) is 1.64. The summed E-state index contributed by atoms with van der Waals surface area (Å²) < 4.78 is 5.72. The molecule has 0 aromatic heterocycles. The number of anilines is 1. The van der Waals surface area contributed by atoms with Crippen molar-refractivity contribution < 1.29 is 9.76 Å². The van der Waals surface area contributed by atoms with E-state index in [0.717, 1.165) is 17.6 Å². The molecule has 109 valence electrons. The second-order valence-corrected chi connectivity index (χ2v) is 5.82. The summed E-state index contributed by atoms with van der Waals surface area (Å²) in [6, 6.07) is 5.61. The lowest BCUT2D eigenvalue weighted by molar-refractivity contribution is -0.0893. The summed E-state index contributed by atoms with van der Waals surface area (Å²) in [5, 5.41) is 10.1. The first kappa shape index (κ1) is 16.7. The zero-order valence-electron chi connectivity index (χ0n) is 13.0. The summed E-state index contributed by atoms with van der Waals surface area (Å²) in [4.78, 5) is 4.19. The van der Waals surface area contributed by atoms with Crippen molar-refractivity contribution in [3.05, 3.63) is 23.8 Å². The fourth-order valence-corrected chi connectivity index (χ4v) is 1.33. The van der Waals surface area contributed by atoms with Crippen LogP contribution in [0, 0.1) is 0 Å². The first-order valence-electron chi connectivity index (χ1n) is 6.80. The molecule has 0 atom stereocenters. The highest BCUT2D eigenvalue weighted by Crippen LogP contribution is 2.24. The molecule has 20 heavy (non-hydrogen) atoms. The van der Waals surface area contributed by atoms with Gasteiger partial charge in [0.15, 0.2) is 0 Å². The van der Waals surface area contributed by atoms with Crippen LogP contribution in [0.2, 0.25) is 0 Å². The maximum Gasteiger partial charge on any atom is 0.330 e. The Bertz CT molecular complexity index is 479. The molecule has 0 aliphatic carbocycles. The third kappa shape index (κ3) is 4.35. The Balaban J connectivity index is 2.82. The lowest BCUT2D eigenvalue weighted by Crippen LogP contribution is -2.49. The van der Waals surface area contributed by atoms with Gasteiger partial charge in [-0.25, -0.2) is 0 Å². The van der Waals surface area contributed by atoms with Gasteiger partial charge in [-0.05, 0) is 40.7 Å². The smallest absolute Gasteiger partial charge is 0.330 e. The molecule has 3 N–H and O–H groups in total. The third-order valence-corrected chi connectivity index (χ3v) is 3.49. The molecule has 1 radical (unpaired) electrons. The van der Waals surface area contributed by atoms with Crippen molar-refractivity contribution in [3.63, 3.8) is 0 Å². The highest BCUT2D eigenvalue weighted by Gasteiger charge is 2.35. The van der Waals surface area contributed by atoms with Gasteiger partial charge in [0.2, 0.25) is 0 Å². The molecular formula is C15H24BN2O2. The summed E-state index contributed by atoms with van der Waals surface area (Å²) in [6.45, 7) is 9.83. The van der Waals surface area contributed by atoms with Crippen molar-refractivity contribution in [2.24, 2.45) is 4.99 Å².